The molecule has 0 saturated heterocycles. The Bertz CT molecular complexity index is 571. The minimum Gasteiger partial charge on any atom is -0.294 e. The first-order valence-corrected chi connectivity index (χ1v) is 9.95. The molecule has 0 spiro atoms. The second-order valence-corrected chi connectivity index (χ2v) is 12.0. The molecule has 0 bridgehead atoms. The maximum atomic E-state index is 12.7. The summed E-state index contributed by atoms with van der Waals surface area (Å²) in [6.45, 7) is 6.53. The zero-order chi connectivity index (χ0) is 14.2. The van der Waals surface area contributed by atoms with Gasteiger partial charge in [0.15, 0.2) is 5.78 Å². The van der Waals surface area contributed by atoms with Crippen LogP contribution in [-0.2, 0) is 6.18 Å². The molecule has 19 heavy (non-hydrogen) atoms. The van der Waals surface area contributed by atoms with Crippen LogP contribution in [0.1, 0.15) is 27.4 Å². The summed E-state index contributed by atoms with van der Waals surface area (Å²) in [5, 5.41) is 0. The van der Waals surface area contributed by atoms with Crippen molar-refractivity contribution in [3.63, 3.8) is 0 Å². The lowest BCUT2D eigenvalue weighted by Gasteiger charge is -2.19. The van der Waals surface area contributed by atoms with E-state index in [0.29, 0.717) is 16.7 Å². The number of carbonyl (C=O) groups is 1. The number of Topliss-reactive ketones (excluding diaryl/α,β-unsaturated/α-hetero) is 1. The van der Waals surface area contributed by atoms with Crippen LogP contribution >= 0.6 is 0 Å². The van der Waals surface area contributed by atoms with Crippen LogP contribution in [-0.4, -0.2) is 13.9 Å². The SMILES string of the molecule is C[Si](C)(C)C1C2C(=O)c3ccc(C(F)(F)F)cc3C21. The van der Waals surface area contributed by atoms with Gasteiger partial charge in [0, 0.05) is 19.6 Å². The third kappa shape index (κ3) is 1.78. The summed E-state index contributed by atoms with van der Waals surface area (Å²) in [6, 6.07) is 3.57. The van der Waals surface area contributed by atoms with Crippen LogP contribution in [0.3, 0.4) is 0 Å². The molecule has 0 heterocycles. The van der Waals surface area contributed by atoms with Crippen LogP contribution < -0.4 is 0 Å². The van der Waals surface area contributed by atoms with Crippen molar-refractivity contribution in [3.8, 4) is 0 Å². The van der Waals surface area contributed by atoms with Gasteiger partial charge in [0.25, 0.3) is 0 Å². The number of rotatable bonds is 1. The lowest BCUT2D eigenvalue weighted by atomic mass is 10.0. The maximum absolute atomic E-state index is 12.7. The Morgan fingerprint density at radius 3 is 2.26 bits per heavy atom. The molecule has 3 unspecified atom stereocenters. The molecule has 0 N–H and O–H groups in total. The number of hydrogen-bond acceptors (Lipinski definition) is 1. The van der Waals surface area contributed by atoms with Crippen LogP contribution in [0.5, 0.6) is 0 Å². The van der Waals surface area contributed by atoms with Crippen LogP contribution in [0.25, 0.3) is 0 Å². The normalized spacial score (nSPS) is 29.2. The van der Waals surface area contributed by atoms with Crippen LogP contribution in [0.4, 0.5) is 13.2 Å². The largest absolute Gasteiger partial charge is 0.416 e. The number of hydrogen-bond donors (Lipinski definition) is 0. The van der Waals surface area contributed by atoms with Gasteiger partial charge in [-0.3, -0.25) is 4.79 Å². The summed E-state index contributed by atoms with van der Waals surface area (Å²) in [6.07, 6.45) is -4.33. The number of ketones is 1. The Morgan fingerprint density at radius 1 is 1.11 bits per heavy atom. The summed E-state index contributed by atoms with van der Waals surface area (Å²) < 4.78 is 38.2. The lowest BCUT2D eigenvalue weighted by molar-refractivity contribution is -0.137. The van der Waals surface area contributed by atoms with Gasteiger partial charge in [-0.25, -0.2) is 0 Å². The molecule has 0 amide bonds. The quantitative estimate of drug-likeness (QED) is 0.702. The summed E-state index contributed by atoms with van der Waals surface area (Å²) in [7, 11) is -1.49. The van der Waals surface area contributed by atoms with Crippen molar-refractivity contribution in [3.05, 3.63) is 34.9 Å². The van der Waals surface area contributed by atoms with Crippen LogP contribution in [0.15, 0.2) is 18.2 Å². The van der Waals surface area contributed by atoms with E-state index in [2.05, 4.69) is 19.6 Å². The summed E-state index contributed by atoms with van der Waals surface area (Å²) in [5.74, 6) is 0.0720. The Morgan fingerprint density at radius 2 is 1.74 bits per heavy atom. The summed E-state index contributed by atoms with van der Waals surface area (Å²) in [4.78, 5) is 12.2. The predicted octanol–water partition coefficient (Wildman–Crippen LogP) is 4.32. The predicted molar refractivity (Wildman–Crippen MR) is 69.1 cm³/mol. The van der Waals surface area contributed by atoms with Gasteiger partial charge in [0.1, 0.15) is 0 Å². The zero-order valence-electron chi connectivity index (χ0n) is 11.0. The second-order valence-electron chi connectivity index (χ2n) is 6.61. The molecule has 102 valence electrons. The van der Waals surface area contributed by atoms with Gasteiger partial charge < -0.3 is 0 Å². The number of carbonyl (C=O) groups excluding carboxylic acids is 1. The van der Waals surface area contributed by atoms with E-state index in [1.54, 1.807) is 0 Å². The third-order valence-electron chi connectivity index (χ3n) is 4.33. The molecule has 0 aliphatic heterocycles. The van der Waals surface area contributed by atoms with Gasteiger partial charge in [0.05, 0.1) is 5.56 Å². The van der Waals surface area contributed by atoms with Crippen molar-refractivity contribution >= 4 is 13.9 Å². The van der Waals surface area contributed by atoms with Gasteiger partial charge in [0.2, 0.25) is 0 Å². The van der Waals surface area contributed by atoms with Gasteiger partial charge in [-0.2, -0.15) is 13.2 Å². The first-order valence-electron chi connectivity index (χ1n) is 6.38. The fraction of sp³-hybridized carbons (Fsp3) is 0.500. The number of benzene rings is 1. The van der Waals surface area contributed by atoms with Gasteiger partial charge in [-0.15, -0.1) is 0 Å². The lowest BCUT2D eigenvalue weighted by Crippen LogP contribution is -2.24. The van der Waals surface area contributed by atoms with Crippen molar-refractivity contribution in [2.45, 2.75) is 37.3 Å². The Kier molecular flexibility index (Phi) is 2.38. The van der Waals surface area contributed by atoms with Crippen molar-refractivity contribution < 1.29 is 18.0 Å². The van der Waals surface area contributed by atoms with Crippen LogP contribution in [0, 0.1) is 5.92 Å². The molecule has 1 nitrogen and oxygen atoms in total. The van der Waals surface area contributed by atoms with E-state index >= 15 is 0 Å². The zero-order valence-corrected chi connectivity index (χ0v) is 12.0. The summed E-state index contributed by atoms with van der Waals surface area (Å²) >= 11 is 0. The standard InChI is InChI=1S/C14H15F3OSi/c1-19(2,3)13-10-9-6-7(14(15,16)17)4-5-8(9)12(18)11(10)13/h4-6,10-11,13H,1-3H3. The molecule has 1 aromatic rings. The first kappa shape index (κ1) is 12.9. The third-order valence-corrected chi connectivity index (χ3v) is 7.04. The topological polar surface area (TPSA) is 17.1 Å². The minimum absolute atomic E-state index is 0.0369. The number of alkyl halides is 3. The smallest absolute Gasteiger partial charge is 0.294 e. The van der Waals surface area contributed by atoms with E-state index in [4.69, 9.17) is 0 Å². The highest BCUT2D eigenvalue weighted by Crippen LogP contribution is 2.69. The fourth-order valence-electron chi connectivity index (χ4n) is 3.52. The Labute approximate surface area is 110 Å². The van der Waals surface area contributed by atoms with E-state index in [1.165, 1.54) is 12.1 Å². The second kappa shape index (κ2) is 3.51. The highest BCUT2D eigenvalue weighted by molar-refractivity contribution is 6.79. The van der Waals surface area contributed by atoms with E-state index in [1.807, 2.05) is 0 Å². The molecule has 2 aliphatic carbocycles. The number of fused-ring (bicyclic) bond motifs is 3. The summed E-state index contributed by atoms with van der Waals surface area (Å²) in [5.41, 5.74) is 0.826. The molecule has 5 heteroatoms. The van der Waals surface area contributed by atoms with E-state index < -0.39 is 19.8 Å². The van der Waals surface area contributed by atoms with Gasteiger partial charge in [-0.05, 0) is 29.2 Å². The van der Waals surface area contributed by atoms with Crippen molar-refractivity contribution in [2.24, 2.45) is 5.92 Å². The first-order chi connectivity index (χ1) is 8.62. The molecule has 3 atom stereocenters. The molecular weight excluding hydrogens is 269 g/mol. The van der Waals surface area contributed by atoms with E-state index in [0.717, 1.165) is 6.07 Å². The van der Waals surface area contributed by atoms with Crippen molar-refractivity contribution in [1.29, 1.82) is 0 Å². The molecule has 1 fully saturated rings. The van der Waals surface area contributed by atoms with Crippen molar-refractivity contribution in [2.75, 3.05) is 0 Å². The van der Waals surface area contributed by atoms with Gasteiger partial charge in [-0.1, -0.05) is 25.7 Å². The Hall–Kier alpha value is -1.10. The average Bonchev–Trinajstić information content (AvgIpc) is 2.95. The molecule has 3 rings (SSSR count). The highest BCUT2D eigenvalue weighted by Gasteiger charge is 2.65. The fourth-order valence-corrected chi connectivity index (χ4v) is 6.31. The molecule has 1 aromatic carbocycles. The minimum atomic E-state index is -4.33. The highest BCUT2D eigenvalue weighted by atomic mass is 28.3. The molecule has 1 saturated carbocycles. The van der Waals surface area contributed by atoms with Gasteiger partial charge >= 0.3 is 6.18 Å². The molecule has 0 radical (unpaired) electrons. The number of halogens is 3. The average molecular weight is 284 g/mol. The maximum Gasteiger partial charge on any atom is 0.416 e. The Balaban J connectivity index is 2.04. The molecular formula is C14H15F3OSi. The molecule has 0 aromatic heterocycles. The monoisotopic (exact) mass is 284 g/mol. The van der Waals surface area contributed by atoms with Crippen molar-refractivity contribution in [1.82, 2.24) is 0 Å². The van der Waals surface area contributed by atoms with Crippen LogP contribution in [0.2, 0.25) is 25.2 Å². The van der Waals surface area contributed by atoms with E-state index in [-0.39, 0.29) is 17.6 Å². The van der Waals surface area contributed by atoms with E-state index in [9.17, 15) is 18.0 Å². The molecule has 2 aliphatic rings.